The van der Waals surface area contributed by atoms with Crippen LogP contribution in [0.3, 0.4) is 0 Å². The summed E-state index contributed by atoms with van der Waals surface area (Å²) in [5.74, 6) is -0.0492. The highest BCUT2D eigenvalue weighted by Gasteiger charge is 2.14. The van der Waals surface area contributed by atoms with Crippen molar-refractivity contribution in [3.05, 3.63) is 63.4 Å². The molecule has 0 unspecified atom stereocenters. The number of methoxy groups -OCH3 is 1. The minimum absolute atomic E-state index is 0.124. The number of fused-ring (bicyclic) bond motifs is 1. The summed E-state index contributed by atoms with van der Waals surface area (Å²) in [6.07, 6.45) is 0. The van der Waals surface area contributed by atoms with Crippen LogP contribution in [-0.4, -0.2) is 34.9 Å². The average Bonchev–Trinajstić information content (AvgIpc) is 2.67. The van der Waals surface area contributed by atoms with E-state index in [1.165, 1.54) is 16.3 Å². The molecule has 146 valence electrons. The highest BCUT2D eigenvalue weighted by Crippen LogP contribution is 2.21. The molecule has 0 aliphatic heterocycles. The fourth-order valence-corrected chi connectivity index (χ4v) is 3.62. The molecule has 28 heavy (non-hydrogen) atoms. The Morgan fingerprint density at radius 2 is 2.00 bits per heavy atom. The zero-order chi connectivity index (χ0) is 20.1. The van der Waals surface area contributed by atoms with Gasteiger partial charge in [-0.2, -0.15) is 0 Å². The largest absolute Gasteiger partial charge is 0.383 e. The van der Waals surface area contributed by atoms with E-state index in [2.05, 4.69) is 10.3 Å². The van der Waals surface area contributed by atoms with Crippen molar-refractivity contribution in [1.82, 2.24) is 9.55 Å². The van der Waals surface area contributed by atoms with Crippen LogP contribution in [0.1, 0.15) is 5.56 Å². The number of carbonyl (C=O) groups excluding carboxylic acids is 1. The molecule has 0 saturated carbocycles. The number of anilines is 1. The van der Waals surface area contributed by atoms with Gasteiger partial charge in [0.15, 0.2) is 5.16 Å². The average molecular weight is 418 g/mol. The second kappa shape index (κ2) is 9.23. The molecule has 0 radical (unpaired) electrons. The number of nitrogens with zero attached hydrogens (tertiary/aromatic N) is 2. The Morgan fingerprint density at radius 1 is 1.25 bits per heavy atom. The van der Waals surface area contributed by atoms with E-state index in [0.717, 1.165) is 11.3 Å². The van der Waals surface area contributed by atoms with Gasteiger partial charge in [-0.1, -0.05) is 41.1 Å². The number of amides is 1. The van der Waals surface area contributed by atoms with E-state index in [0.29, 0.717) is 34.2 Å². The van der Waals surface area contributed by atoms with Crippen molar-refractivity contribution in [2.45, 2.75) is 18.6 Å². The Labute approximate surface area is 171 Å². The minimum atomic E-state index is -0.180. The summed E-state index contributed by atoms with van der Waals surface area (Å²) >= 11 is 7.24. The molecule has 0 atom stereocenters. The van der Waals surface area contributed by atoms with Crippen molar-refractivity contribution in [2.24, 2.45) is 0 Å². The summed E-state index contributed by atoms with van der Waals surface area (Å²) in [5.41, 5.74) is 2.17. The van der Waals surface area contributed by atoms with Crippen LogP contribution in [-0.2, 0) is 16.1 Å². The molecule has 0 aliphatic rings. The van der Waals surface area contributed by atoms with Crippen LogP contribution in [0.5, 0.6) is 0 Å². The van der Waals surface area contributed by atoms with Gasteiger partial charge in [0.25, 0.3) is 5.56 Å². The summed E-state index contributed by atoms with van der Waals surface area (Å²) < 4.78 is 6.64. The van der Waals surface area contributed by atoms with Gasteiger partial charge in [0.1, 0.15) is 0 Å². The third-order valence-corrected chi connectivity index (χ3v) is 5.28. The van der Waals surface area contributed by atoms with Crippen LogP contribution in [0.15, 0.2) is 52.4 Å². The van der Waals surface area contributed by atoms with Crippen LogP contribution >= 0.6 is 23.4 Å². The van der Waals surface area contributed by atoms with Crippen molar-refractivity contribution >= 4 is 45.9 Å². The topological polar surface area (TPSA) is 73.2 Å². The normalized spacial score (nSPS) is 11.0. The monoisotopic (exact) mass is 417 g/mol. The van der Waals surface area contributed by atoms with E-state index >= 15 is 0 Å². The zero-order valence-electron chi connectivity index (χ0n) is 15.6. The third-order valence-electron chi connectivity index (χ3n) is 4.07. The van der Waals surface area contributed by atoms with Gasteiger partial charge < -0.3 is 10.1 Å². The van der Waals surface area contributed by atoms with E-state index < -0.39 is 0 Å². The van der Waals surface area contributed by atoms with Crippen molar-refractivity contribution in [1.29, 1.82) is 0 Å². The Bertz CT molecular complexity index is 1050. The first-order chi connectivity index (χ1) is 13.5. The molecule has 6 nitrogen and oxygen atoms in total. The highest BCUT2D eigenvalue weighted by molar-refractivity contribution is 7.99. The van der Waals surface area contributed by atoms with E-state index in [1.807, 2.05) is 31.2 Å². The summed E-state index contributed by atoms with van der Waals surface area (Å²) in [4.78, 5) is 29.7. The molecule has 0 saturated heterocycles. The smallest absolute Gasteiger partial charge is 0.262 e. The second-order valence-electron chi connectivity index (χ2n) is 6.21. The Kier molecular flexibility index (Phi) is 6.72. The van der Waals surface area contributed by atoms with E-state index in [9.17, 15) is 9.59 Å². The van der Waals surface area contributed by atoms with Crippen molar-refractivity contribution in [3.63, 3.8) is 0 Å². The lowest BCUT2D eigenvalue weighted by Crippen LogP contribution is -2.26. The SMILES string of the molecule is COCCn1c(SCC(=O)Nc2ccc(C)cc2)nc2cc(Cl)ccc2c1=O. The predicted molar refractivity (Wildman–Crippen MR) is 113 cm³/mol. The summed E-state index contributed by atoms with van der Waals surface area (Å²) in [5, 5.41) is 4.28. The summed E-state index contributed by atoms with van der Waals surface area (Å²) in [6.45, 7) is 2.70. The van der Waals surface area contributed by atoms with Crippen molar-refractivity contribution < 1.29 is 9.53 Å². The molecule has 2 aromatic carbocycles. The predicted octanol–water partition coefficient (Wildman–Crippen LogP) is 3.74. The van der Waals surface area contributed by atoms with Gasteiger partial charge in [-0.05, 0) is 37.3 Å². The van der Waals surface area contributed by atoms with Gasteiger partial charge in [0, 0.05) is 17.8 Å². The number of aromatic nitrogens is 2. The Morgan fingerprint density at radius 3 is 2.71 bits per heavy atom. The summed E-state index contributed by atoms with van der Waals surface area (Å²) in [7, 11) is 1.57. The van der Waals surface area contributed by atoms with E-state index in [1.54, 1.807) is 25.3 Å². The number of hydrogen-bond donors (Lipinski definition) is 1. The van der Waals surface area contributed by atoms with Crippen molar-refractivity contribution in [3.8, 4) is 0 Å². The fraction of sp³-hybridized carbons (Fsp3) is 0.250. The number of thioether (sulfide) groups is 1. The van der Waals surface area contributed by atoms with Gasteiger partial charge in [-0.15, -0.1) is 0 Å². The molecular formula is C20H20ClN3O3S. The van der Waals surface area contributed by atoms with Crippen LogP contribution in [0.2, 0.25) is 5.02 Å². The maximum absolute atomic E-state index is 12.8. The van der Waals surface area contributed by atoms with Crippen LogP contribution in [0.25, 0.3) is 10.9 Å². The second-order valence-corrected chi connectivity index (χ2v) is 7.59. The number of nitrogens with one attached hydrogen (secondary N) is 1. The number of rotatable bonds is 7. The first-order valence-electron chi connectivity index (χ1n) is 8.66. The minimum Gasteiger partial charge on any atom is -0.383 e. The van der Waals surface area contributed by atoms with Gasteiger partial charge in [0.05, 0.1) is 29.8 Å². The molecule has 1 N–H and O–H groups in total. The maximum atomic E-state index is 12.8. The standard InChI is InChI=1S/C20H20ClN3O3S/c1-13-3-6-15(7-4-13)22-18(25)12-28-20-23-17-11-14(21)5-8-16(17)19(26)24(20)9-10-27-2/h3-8,11H,9-10,12H2,1-2H3,(H,22,25). The van der Waals surface area contributed by atoms with Gasteiger partial charge >= 0.3 is 0 Å². The first kappa shape index (κ1) is 20.4. The lowest BCUT2D eigenvalue weighted by atomic mass is 10.2. The Balaban J connectivity index is 1.82. The third kappa shape index (κ3) is 4.92. The molecule has 0 aliphatic carbocycles. The zero-order valence-corrected chi connectivity index (χ0v) is 17.1. The van der Waals surface area contributed by atoms with Crippen LogP contribution in [0, 0.1) is 6.92 Å². The molecular weight excluding hydrogens is 398 g/mol. The van der Waals surface area contributed by atoms with E-state index in [4.69, 9.17) is 16.3 Å². The van der Waals surface area contributed by atoms with Gasteiger partial charge in [-0.25, -0.2) is 4.98 Å². The lowest BCUT2D eigenvalue weighted by molar-refractivity contribution is -0.113. The molecule has 0 bridgehead atoms. The quantitative estimate of drug-likeness (QED) is 0.468. The lowest BCUT2D eigenvalue weighted by Gasteiger charge is -2.13. The number of aryl methyl sites for hydroxylation is 1. The molecule has 8 heteroatoms. The molecule has 3 aromatic rings. The number of benzene rings is 2. The molecule has 1 amide bonds. The number of halogens is 1. The molecule has 1 heterocycles. The number of carbonyl (C=O) groups is 1. The van der Waals surface area contributed by atoms with E-state index in [-0.39, 0.29) is 17.2 Å². The molecule has 1 aromatic heterocycles. The number of hydrogen-bond acceptors (Lipinski definition) is 5. The van der Waals surface area contributed by atoms with Crippen LogP contribution in [0.4, 0.5) is 5.69 Å². The Hall–Kier alpha value is -2.35. The summed E-state index contributed by atoms with van der Waals surface area (Å²) in [6, 6.07) is 12.5. The van der Waals surface area contributed by atoms with Crippen LogP contribution < -0.4 is 10.9 Å². The van der Waals surface area contributed by atoms with Gasteiger partial charge in [-0.3, -0.25) is 14.2 Å². The number of ether oxygens (including phenoxy) is 1. The van der Waals surface area contributed by atoms with Gasteiger partial charge in [0.2, 0.25) is 5.91 Å². The fourth-order valence-electron chi connectivity index (χ4n) is 2.63. The first-order valence-corrected chi connectivity index (χ1v) is 10.0. The molecule has 0 spiro atoms. The van der Waals surface area contributed by atoms with Crippen molar-refractivity contribution in [2.75, 3.05) is 24.8 Å². The highest BCUT2D eigenvalue weighted by atomic mass is 35.5. The molecule has 0 fully saturated rings. The molecule has 3 rings (SSSR count). The maximum Gasteiger partial charge on any atom is 0.262 e.